The van der Waals surface area contributed by atoms with E-state index in [1.165, 1.54) is 23.9 Å². The van der Waals surface area contributed by atoms with Crippen LogP contribution >= 0.6 is 11.8 Å². The molecule has 0 aromatic heterocycles. The van der Waals surface area contributed by atoms with Crippen molar-refractivity contribution in [2.75, 3.05) is 24.7 Å². The zero-order valence-electron chi connectivity index (χ0n) is 16.3. The molecular formula is C19H23N3O5S2. The number of benzene rings is 2. The van der Waals surface area contributed by atoms with Crippen LogP contribution in [0.25, 0.3) is 0 Å². The number of aryl methyl sites for hydroxylation is 1. The maximum absolute atomic E-state index is 12.2. The fourth-order valence-electron chi connectivity index (χ4n) is 2.44. The average Bonchev–Trinajstić information content (AvgIpc) is 2.65. The van der Waals surface area contributed by atoms with Gasteiger partial charge in [0, 0.05) is 30.3 Å². The number of amides is 1. The Hall–Kier alpha value is -2.59. The van der Waals surface area contributed by atoms with Crippen molar-refractivity contribution in [1.29, 1.82) is 0 Å². The van der Waals surface area contributed by atoms with E-state index in [-0.39, 0.29) is 40.5 Å². The summed E-state index contributed by atoms with van der Waals surface area (Å²) in [7, 11) is -3.54. The van der Waals surface area contributed by atoms with E-state index in [0.717, 1.165) is 22.8 Å². The molecule has 2 aromatic rings. The van der Waals surface area contributed by atoms with Crippen molar-refractivity contribution in [2.45, 2.75) is 28.9 Å². The van der Waals surface area contributed by atoms with Gasteiger partial charge < -0.3 is 10.6 Å². The highest BCUT2D eigenvalue weighted by atomic mass is 32.2. The van der Waals surface area contributed by atoms with E-state index >= 15 is 0 Å². The average molecular weight is 438 g/mol. The molecule has 0 aliphatic carbocycles. The lowest BCUT2D eigenvalue weighted by molar-refractivity contribution is -0.384. The number of carbonyl (C=O) groups is 1. The van der Waals surface area contributed by atoms with Crippen LogP contribution in [-0.2, 0) is 14.6 Å². The van der Waals surface area contributed by atoms with Gasteiger partial charge in [-0.15, -0.1) is 11.8 Å². The van der Waals surface area contributed by atoms with Gasteiger partial charge in [0.05, 0.1) is 15.1 Å². The Morgan fingerprint density at radius 3 is 2.41 bits per heavy atom. The van der Waals surface area contributed by atoms with Gasteiger partial charge in [-0.1, -0.05) is 17.7 Å². The first-order valence-electron chi connectivity index (χ1n) is 8.81. The molecule has 0 aliphatic rings. The quantitative estimate of drug-likeness (QED) is 0.268. The maximum Gasteiger partial charge on any atom is 0.293 e. The number of nitro benzene ring substituents is 1. The summed E-state index contributed by atoms with van der Waals surface area (Å²) in [4.78, 5) is 23.7. The van der Waals surface area contributed by atoms with Gasteiger partial charge in [-0.25, -0.2) is 8.42 Å². The molecule has 1 unspecified atom stereocenters. The Bertz CT molecular complexity index is 991. The number of carbonyl (C=O) groups excluding carboxylic acids is 1. The molecule has 1 atom stereocenters. The second-order valence-corrected chi connectivity index (χ2v) is 9.93. The Labute approximate surface area is 174 Å². The number of nitrogens with zero attached hydrogens (tertiary/aromatic N) is 1. The summed E-state index contributed by atoms with van der Waals surface area (Å²) >= 11 is 1.45. The Balaban J connectivity index is 1.88. The molecule has 0 bridgehead atoms. The fourth-order valence-corrected chi connectivity index (χ4v) is 3.98. The number of thioether (sulfide) groups is 1. The Kier molecular flexibility index (Phi) is 7.63. The van der Waals surface area contributed by atoms with Crippen LogP contribution in [0, 0.1) is 17.0 Å². The van der Waals surface area contributed by atoms with Gasteiger partial charge in [-0.05, 0) is 38.1 Å². The minimum atomic E-state index is -3.54. The van der Waals surface area contributed by atoms with Crippen molar-refractivity contribution >= 4 is 38.9 Å². The van der Waals surface area contributed by atoms with E-state index in [0.29, 0.717) is 0 Å². The van der Waals surface area contributed by atoms with Crippen LogP contribution in [0.1, 0.15) is 12.5 Å². The predicted octanol–water partition coefficient (Wildman–Crippen LogP) is 3.02. The zero-order valence-corrected chi connectivity index (χ0v) is 18.0. The van der Waals surface area contributed by atoms with E-state index in [1.54, 1.807) is 0 Å². The molecule has 8 nitrogen and oxygen atoms in total. The summed E-state index contributed by atoms with van der Waals surface area (Å²) in [6.07, 6.45) is 0.991. The lowest BCUT2D eigenvalue weighted by atomic mass is 10.2. The maximum atomic E-state index is 12.2. The Morgan fingerprint density at radius 2 is 1.83 bits per heavy atom. The normalized spacial score (nSPS) is 12.2. The lowest BCUT2D eigenvalue weighted by Gasteiger charge is -2.13. The molecule has 2 rings (SSSR count). The van der Waals surface area contributed by atoms with Gasteiger partial charge in [0.15, 0.2) is 9.84 Å². The van der Waals surface area contributed by atoms with Crippen molar-refractivity contribution in [3.05, 3.63) is 58.1 Å². The van der Waals surface area contributed by atoms with Crippen LogP contribution in [0.3, 0.4) is 0 Å². The van der Waals surface area contributed by atoms with Crippen LogP contribution < -0.4 is 10.6 Å². The van der Waals surface area contributed by atoms with Crippen molar-refractivity contribution in [3.63, 3.8) is 0 Å². The first-order valence-corrected chi connectivity index (χ1v) is 11.6. The molecule has 2 N–H and O–H groups in total. The Morgan fingerprint density at radius 1 is 1.17 bits per heavy atom. The van der Waals surface area contributed by atoms with Crippen molar-refractivity contribution in [1.82, 2.24) is 5.32 Å². The predicted molar refractivity (Wildman–Crippen MR) is 114 cm³/mol. The SMILES string of the molecule is Cc1ccc(SC(C)C(=O)NCCNc2ccc(S(C)(=O)=O)cc2[N+](=O)[O-])cc1. The number of hydrogen-bond acceptors (Lipinski definition) is 7. The summed E-state index contributed by atoms with van der Waals surface area (Å²) in [5.41, 5.74) is 1.01. The van der Waals surface area contributed by atoms with Crippen molar-refractivity contribution in [3.8, 4) is 0 Å². The third-order valence-electron chi connectivity index (χ3n) is 4.04. The third-order valence-corrected chi connectivity index (χ3v) is 6.26. The number of hydrogen-bond donors (Lipinski definition) is 2. The van der Waals surface area contributed by atoms with Gasteiger partial charge in [-0.2, -0.15) is 0 Å². The molecule has 0 saturated heterocycles. The number of sulfone groups is 1. The number of anilines is 1. The van der Waals surface area contributed by atoms with Crippen LogP contribution in [-0.4, -0.2) is 43.8 Å². The minimum absolute atomic E-state index is 0.120. The minimum Gasteiger partial charge on any atom is -0.378 e. The van der Waals surface area contributed by atoms with Gasteiger partial charge >= 0.3 is 0 Å². The first-order chi connectivity index (χ1) is 13.6. The largest absolute Gasteiger partial charge is 0.378 e. The molecule has 1 amide bonds. The summed E-state index contributed by atoms with van der Waals surface area (Å²) in [6.45, 7) is 4.33. The van der Waals surface area contributed by atoms with Gasteiger partial charge in [-0.3, -0.25) is 14.9 Å². The number of nitro groups is 1. The molecule has 0 saturated carbocycles. The molecule has 10 heteroatoms. The highest BCUT2D eigenvalue weighted by molar-refractivity contribution is 8.00. The molecular weight excluding hydrogens is 414 g/mol. The fraction of sp³-hybridized carbons (Fsp3) is 0.316. The smallest absolute Gasteiger partial charge is 0.293 e. The first kappa shape index (κ1) is 22.7. The van der Waals surface area contributed by atoms with Crippen LogP contribution in [0.5, 0.6) is 0 Å². The second kappa shape index (κ2) is 9.75. The van der Waals surface area contributed by atoms with E-state index < -0.39 is 14.8 Å². The second-order valence-electron chi connectivity index (χ2n) is 6.50. The van der Waals surface area contributed by atoms with E-state index in [2.05, 4.69) is 10.6 Å². The highest BCUT2D eigenvalue weighted by Crippen LogP contribution is 2.27. The summed E-state index contributed by atoms with van der Waals surface area (Å²) in [5.74, 6) is -0.140. The van der Waals surface area contributed by atoms with Crippen LogP contribution in [0.4, 0.5) is 11.4 Å². The molecule has 29 heavy (non-hydrogen) atoms. The van der Waals surface area contributed by atoms with Crippen molar-refractivity contribution in [2.24, 2.45) is 0 Å². The molecule has 0 aliphatic heterocycles. The topological polar surface area (TPSA) is 118 Å². The van der Waals surface area contributed by atoms with Crippen molar-refractivity contribution < 1.29 is 18.1 Å². The van der Waals surface area contributed by atoms with E-state index in [9.17, 15) is 23.3 Å². The third kappa shape index (κ3) is 6.75. The number of rotatable bonds is 9. The molecule has 0 fully saturated rings. The zero-order chi connectivity index (χ0) is 21.6. The summed E-state index contributed by atoms with van der Waals surface area (Å²) < 4.78 is 23.1. The van der Waals surface area contributed by atoms with Crippen LogP contribution in [0.15, 0.2) is 52.3 Å². The van der Waals surface area contributed by atoms with Gasteiger partial charge in [0.25, 0.3) is 5.69 Å². The van der Waals surface area contributed by atoms with Gasteiger partial charge in [0.2, 0.25) is 5.91 Å². The highest BCUT2D eigenvalue weighted by Gasteiger charge is 2.19. The molecule has 2 aromatic carbocycles. The summed E-state index contributed by atoms with van der Waals surface area (Å²) in [6, 6.07) is 11.6. The molecule has 0 spiro atoms. The molecule has 0 radical (unpaired) electrons. The van der Waals surface area contributed by atoms with Gasteiger partial charge in [0.1, 0.15) is 5.69 Å². The number of nitrogens with one attached hydrogen (secondary N) is 2. The molecule has 0 heterocycles. The van der Waals surface area contributed by atoms with E-state index in [1.807, 2.05) is 38.1 Å². The lowest BCUT2D eigenvalue weighted by Crippen LogP contribution is -2.34. The summed E-state index contributed by atoms with van der Waals surface area (Å²) in [5, 5.41) is 16.6. The monoisotopic (exact) mass is 437 g/mol. The van der Waals surface area contributed by atoms with Crippen LogP contribution in [0.2, 0.25) is 0 Å². The standard InChI is InChI=1S/C19H23N3O5S2/c1-13-4-6-15(7-5-13)28-14(2)19(23)21-11-10-20-17-9-8-16(29(3,26)27)12-18(17)22(24)25/h4-9,12,14,20H,10-11H2,1-3H3,(H,21,23). The van der Waals surface area contributed by atoms with E-state index in [4.69, 9.17) is 0 Å². The molecule has 156 valence electrons.